The first-order chi connectivity index (χ1) is 11.7. The first kappa shape index (κ1) is 16.5. The lowest BCUT2D eigenvalue weighted by atomic mass is 10.0. The van der Waals surface area contributed by atoms with Crippen molar-refractivity contribution in [3.63, 3.8) is 0 Å². The third-order valence-electron chi connectivity index (χ3n) is 3.78. The van der Waals surface area contributed by atoms with Gasteiger partial charge in [-0.05, 0) is 35.6 Å². The molecule has 2 N–H and O–H groups in total. The van der Waals surface area contributed by atoms with Gasteiger partial charge in [-0.1, -0.05) is 12.1 Å². The van der Waals surface area contributed by atoms with Crippen LogP contribution in [0.2, 0.25) is 0 Å². The molecule has 0 bridgehead atoms. The van der Waals surface area contributed by atoms with Gasteiger partial charge in [0, 0.05) is 16.5 Å². The van der Waals surface area contributed by atoms with Gasteiger partial charge in [-0.3, -0.25) is 4.79 Å². The van der Waals surface area contributed by atoms with E-state index in [1.807, 2.05) is 29.6 Å². The molecule has 1 aromatic carbocycles. The van der Waals surface area contributed by atoms with Crippen molar-refractivity contribution in [2.75, 3.05) is 13.7 Å². The molecule has 0 saturated heterocycles. The van der Waals surface area contributed by atoms with E-state index >= 15 is 0 Å². The second-order valence-electron chi connectivity index (χ2n) is 5.52. The van der Waals surface area contributed by atoms with Crippen LogP contribution in [0.25, 0.3) is 6.08 Å². The van der Waals surface area contributed by atoms with E-state index in [4.69, 9.17) is 14.6 Å². The monoisotopic (exact) mass is 345 g/mol. The number of carbonyl (C=O) groups excluding carboxylic acids is 1. The van der Waals surface area contributed by atoms with Crippen LogP contribution in [0.4, 0.5) is 0 Å². The van der Waals surface area contributed by atoms with Crippen LogP contribution in [0, 0.1) is 0 Å². The molecule has 126 valence electrons. The summed E-state index contributed by atoms with van der Waals surface area (Å²) in [6, 6.07) is 7.55. The van der Waals surface area contributed by atoms with Gasteiger partial charge in [-0.2, -0.15) is 0 Å². The predicted octanol–water partition coefficient (Wildman–Crippen LogP) is 2.38. The zero-order valence-electron chi connectivity index (χ0n) is 13.3. The van der Waals surface area contributed by atoms with E-state index in [0.29, 0.717) is 13.0 Å². The zero-order valence-corrected chi connectivity index (χ0v) is 14.1. The summed E-state index contributed by atoms with van der Waals surface area (Å²) in [5.74, 6) is 1.32. The fourth-order valence-electron chi connectivity index (χ4n) is 2.62. The van der Waals surface area contributed by atoms with Gasteiger partial charge in [0.15, 0.2) is 11.5 Å². The van der Waals surface area contributed by atoms with E-state index in [0.717, 1.165) is 27.5 Å². The number of hydrogen-bond donors (Lipinski definition) is 2. The lowest BCUT2D eigenvalue weighted by molar-refractivity contribution is -0.117. The first-order valence-electron chi connectivity index (χ1n) is 7.65. The van der Waals surface area contributed by atoms with Crippen LogP contribution < -0.4 is 14.8 Å². The van der Waals surface area contributed by atoms with Gasteiger partial charge in [-0.25, -0.2) is 0 Å². The van der Waals surface area contributed by atoms with Crippen molar-refractivity contribution < 1.29 is 19.4 Å². The van der Waals surface area contributed by atoms with Crippen LogP contribution in [0.3, 0.4) is 0 Å². The van der Waals surface area contributed by atoms with Crippen LogP contribution >= 0.6 is 11.3 Å². The summed E-state index contributed by atoms with van der Waals surface area (Å²) in [5.41, 5.74) is 1.88. The molecule has 1 atom stereocenters. The number of ether oxygens (including phenoxy) is 2. The van der Waals surface area contributed by atoms with Crippen LogP contribution in [-0.2, 0) is 17.8 Å². The maximum absolute atomic E-state index is 12.1. The fourth-order valence-corrected chi connectivity index (χ4v) is 3.42. The van der Waals surface area contributed by atoms with E-state index < -0.39 is 0 Å². The SMILES string of the molecule is COc1cccc2c1OCC(NC(=O)C=Cc1cc(CO)cs1)C2. The van der Waals surface area contributed by atoms with Gasteiger partial charge < -0.3 is 19.9 Å². The molecule has 0 radical (unpaired) electrons. The molecule has 2 aromatic rings. The molecule has 0 aliphatic carbocycles. The third-order valence-corrected chi connectivity index (χ3v) is 4.72. The molecular formula is C18H19NO4S. The summed E-state index contributed by atoms with van der Waals surface area (Å²) in [4.78, 5) is 13.0. The van der Waals surface area contributed by atoms with Gasteiger partial charge in [0.25, 0.3) is 0 Å². The maximum atomic E-state index is 12.1. The van der Waals surface area contributed by atoms with Crippen molar-refractivity contribution in [1.29, 1.82) is 0 Å². The number of nitrogens with one attached hydrogen (secondary N) is 1. The number of methoxy groups -OCH3 is 1. The van der Waals surface area contributed by atoms with Crippen LogP contribution in [0.1, 0.15) is 16.0 Å². The number of amides is 1. The molecule has 5 nitrogen and oxygen atoms in total. The summed E-state index contributed by atoms with van der Waals surface area (Å²) in [6.07, 6.45) is 3.97. The molecule has 1 amide bonds. The van der Waals surface area contributed by atoms with Crippen molar-refractivity contribution in [2.24, 2.45) is 0 Å². The van der Waals surface area contributed by atoms with E-state index in [-0.39, 0.29) is 18.6 Å². The van der Waals surface area contributed by atoms with Crippen LogP contribution in [-0.4, -0.2) is 30.8 Å². The molecule has 3 rings (SSSR count). The molecule has 1 aliphatic heterocycles. The summed E-state index contributed by atoms with van der Waals surface area (Å²) < 4.78 is 11.0. The Balaban J connectivity index is 1.59. The molecule has 1 aliphatic rings. The number of rotatable bonds is 5. The summed E-state index contributed by atoms with van der Waals surface area (Å²) in [5, 5.41) is 13.9. The van der Waals surface area contributed by atoms with Crippen molar-refractivity contribution in [2.45, 2.75) is 19.1 Å². The first-order valence-corrected chi connectivity index (χ1v) is 8.53. The van der Waals surface area contributed by atoms with Gasteiger partial charge in [0.2, 0.25) is 5.91 Å². The summed E-state index contributed by atoms with van der Waals surface area (Å²) in [7, 11) is 1.62. The number of aliphatic hydroxyl groups is 1. The number of aliphatic hydroxyl groups excluding tert-OH is 1. The van der Waals surface area contributed by atoms with Crippen molar-refractivity contribution in [1.82, 2.24) is 5.32 Å². The Hall–Kier alpha value is -2.31. The number of fused-ring (bicyclic) bond motifs is 1. The topological polar surface area (TPSA) is 67.8 Å². The highest BCUT2D eigenvalue weighted by Crippen LogP contribution is 2.34. The van der Waals surface area contributed by atoms with Gasteiger partial charge in [0.1, 0.15) is 6.61 Å². The molecule has 1 aromatic heterocycles. The number of carbonyl (C=O) groups is 1. The Morgan fingerprint density at radius 1 is 1.54 bits per heavy atom. The average Bonchev–Trinajstić information content (AvgIpc) is 3.07. The second kappa shape index (κ2) is 7.51. The van der Waals surface area contributed by atoms with E-state index in [1.165, 1.54) is 17.4 Å². The highest BCUT2D eigenvalue weighted by molar-refractivity contribution is 7.11. The van der Waals surface area contributed by atoms with Gasteiger partial charge >= 0.3 is 0 Å². The number of thiophene rings is 1. The fraction of sp³-hybridized carbons (Fsp3) is 0.278. The molecule has 1 unspecified atom stereocenters. The quantitative estimate of drug-likeness (QED) is 0.817. The van der Waals surface area contributed by atoms with Crippen molar-refractivity contribution in [3.8, 4) is 11.5 Å². The van der Waals surface area contributed by atoms with E-state index in [2.05, 4.69) is 5.32 Å². The third kappa shape index (κ3) is 3.77. The highest BCUT2D eigenvalue weighted by Gasteiger charge is 2.23. The zero-order chi connectivity index (χ0) is 16.9. The average molecular weight is 345 g/mol. The number of benzene rings is 1. The molecule has 24 heavy (non-hydrogen) atoms. The normalized spacial score (nSPS) is 16.5. The number of para-hydroxylation sites is 1. The molecular weight excluding hydrogens is 326 g/mol. The maximum Gasteiger partial charge on any atom is 0.244 e. The molecule has 0 fully saturated rings. The molecule has 2 heterocycles. The Morgan fingerprint density at radius 3 is 3.17 bits per heavy atom. The summed E-state index contributed by atoms with van der Waals surface area (Å²) >= 11 is 1.49. The predicted molar refractivity (Wildman–Crippen MR) is 93.4 cm³/mol. The minimum atomic E-state index is -0.158. The van der Waals surface area contributed by atoms with E-state index in [9.17, 15) is 4.79 Å². The smallest absolute Gasteiger partial charge is 0.244 e. The molecule has 6 heteroatoms. The number of hydrogen-bond acceptors (Lipinski definition) is 5. The van der Waals surface area contributed by atoms with Crippen molar-refractivity contribution >= 4 is 23.3 Å². The Bertz CT molecular complexity index is 753. The van der Waals surface area contributed by atoms with Gasteiger partial charge in [-0.15, -0.1) is 11.3 Å². The Kier molecular flexibility index (Phi) is 5.17. The van der Waals surface area contributed by atoms with Crippen molar-refractivity contribution in [3.05, 3.63) is 51.7 Å². The molecule has 0 spiro atoms. The minimum Gasteiger partial charge on any atom is -0.493 e. The standard InChI is InChI=1S/C18H19NO4S/c1-22-16-4-2-3-13-8-14(10-23-18(13)16)19-17(21)6-5-15-7-12(9-20)11-24-15/h2-7,11,14,20H,8-10H2,1H3,(H,19,21). The lowest BCUT2D eigenvalue weighted by Gasteiger charge is -2.26. The lowest BCUT2D eigenvalue weighted by Crippen LogP contribution is -2.42. The van der Waals surface area contributed by atoms with Crippen LogP contribution in [0.5, 0.6) is 11.5 Å². The van der Waals surface area contributed by atoms with Crippen LogP contribution in [0.15, 0.2) is 35.7 Å². The minimum absolute atomic E-state index is 0.0127. The second-order valence-corrected chi connectivity index (χ2v) is 6.46. The highest BCUT2D eigenvalue weighted by atomic mass is 32.1. The molecule has 0 saturated carbocycles. The largest absolute Gasteiger partial charge is 0.493 e. The Labute approximate surface area is 144 Å². The summed E-state index contributed by atoms with van der Waals surface area (Å²) in [6.45, 7) is 0.430. The van der Waals surface area contributed by atoms with E-state index in [1.54, 1.807) is 13.2 Å². The van der Waals surface area contributed by atoms with Gasteiger partial charge in [0.05, 0.1) is 19.8 Å². The Morgan fingerprint density at radius 2 is 2.42 bits per heavy atom.